The van der Waals surface area contributed by atoms with Crippen LogP contribution in [0.15, 0.2) is 60.7 Å². The van der Waals surface area contributed by atoms with Gasteiger partial charge in [0, 0.05) is 0 Å². The third kappa shape index (κ3) is 8.67. The van der Waals surface area contributed by atoms with E-state index in [0.717, 1.165) is 11.1 Å². The summed E-state index contributed by atoms with van der Waals surface area (Å²) in [4.78, 5) is 0. The molecular formula is C23H35O4PSi. The van der Waals surface area contributed by atoms with Crippen LogP contribution in [0.4, 0.5) is 0 Å². The van der Waals surface area contributed by atoms with Crippen molar-refractivity contribution in [3.8, 4) is 0 Å². The largest absolute Gasteiger partial charge is 0.414 e. The van der Waals surface area contributed by atoms with Gasteiger partial charge in [-0.05, 0) is 36.2 Å². The molecule has 2 aromatic rings. The molecule has 0 radical (unpaired) electrons. The van der Waals surface area contributed by atoms with Crippen LogP contribution in [-0.2, 0) is 31.2 Å². The van der Waals surface area contributed by atoms with Gasteiger partial charge in [-0.15, -0.1) is 0 Å². The van der Waals surface area contributed by atoms with Gasteiger partial charge >= 0.3 is 8.60 Å². The Hall–Kier alpha value is -1.07. The SMILES string of the molecule is CC(CO[Si](C)(C)C(C)(C)C)OP(OCc1ccccc1)OCc1ccccc1. The molecule has 0 heterocycles. The minimum absolute atomic E-state index is 0.109. The van der Waals surface area contributed by atoms with Gasteiger partial charge in [0.15, 0.2) is 8.32 Å². The monoisotopic (exact) mass is 434 g/mol. The molecule has 0 N–H and O–H groups in total. The predicted octanol–water partition coefficient (Wildman–Crippen LogP) is 7.07. The summed E-state index contributed by atoms with van der Waals surface area (Å²) in [5, 5.41) is 0.172. The van der Waals surface area contributed by atoms with Crippen molar-refractivity contribution in [1.29, 1.82) is 0 Å². The van der Waals surface area contributed by atoms with Gasteiger partial charge in [-0.2, -0.15) is 0 Å². The van der Waals surface area contributed by atoms with Crippen LogP contribution in [0.3, 0.4) is 0 Å². The van der Waals surface area contributed by atoms with Crippen molar-refractivity contribution in [2.45, 2.75) is 65.1 Å². The van der Waals surface area contributed by atoms with Crippen molar-refractivity contribution in [1.82, 2.24) is 0 Å². The lowest BCUT2D eigenvalue weighted by molar-refractivity contribution is 0.0838. The van der Waals surface area contributed by atoms with Crippen LogP contribution in [0.2, 0.25) is 18.1 Å². The van der Waals surface area contributed by atoms with Crippen molar-refractivity contribution in [3.05, 3.63) is 71.8 Å². The van der Waals surface area contributed by atoms with E-state index in [9.17, 15) is 0 Å². The predicted molar refractivity (Wildman–Crippen MR) is 123 cm³/mol. The van der Waals surface area contributed by atoms with Crippen LogP contribution in [0.5, 0.6) is 0 Å². The zero-order valence-corrected chi connectivity index (χ0v) is 20.4. The molecular weight excluding hydrogens is 399 g/mol. The van der Waals surface area contributed by atoms with Gasteiger partial charge in [0.2, 0.25) is 0 Å². The average molecular weight is 435 g/mol. The summed E-state index contributed by atoms with van der Waals surface area (Å²) in [5.41, 5.74) is 2.19. The fourth-order valence-corrected chi connectivity index (χ4v) is 4.36. The molecule has 1 atom stereocenters. The summed E-state index contributed by atoms with van der Waals surface area (Å²) in [6.45, 7) is 14.7. The number of hydrogen-bond acceptors (Lipinski definition) is 4. The highest BCUT2D eigenvalue weighted by Gasteiger charge is 2.37. The maximum atomic E-state index is 6.30. The van der Waals surface area contributed by atoms with Crippen LogP contribution in [0.1, 0.15) is 38.8 Å². The average Bonchev–Trinajstić information content (AvgIpc) is 2.69. The molecule has 0 aliphatic heterocycles. The van der Waals surface area contributed by atoms with Crippen LogP contribution in [-0.4, -0.2) is 21.0 Å². The Bertz CT molecular complexity index is 660. The molecule has 2 aromatic carbocycles. The van der Waals surface area contributed by atoms with Gasteiger partial charge in [-0.1, -0.05) is 81.4 Å². The second-order valence-corrected chi connectivity index (χ2v) is 14.7. The lowest BCUT2D eigenvalue weighted by Gasteiger charge is -2.37. The molecule has 0 amide bonds. The van der Waals surface area contributed by atoms with E-state index in [1.165, 1.54) is 0 Å². The highest BCUT2D eigenvalue weighted by atomic mass is 31.2. The van der Waals surface area contributed by atoms with Gasteiger partial charge in [0.05, 0.1) is 25.9 Å². The standard InChI is InChI=1S/C23H35O4PSi/c1-20(17-26-29(5,6)23(2,3)4)27-28(24-18-21-13-9-7-10-14-21)25-19-22-15-11-8-12-16-22/h7-16,20H,17-19H2,1-6H3. The Balaban J connectivity index is 1.92. The van der Waals surface area contributed by atoms with E-state index in [0.29, 0.717) is 19.8 Å². The Morgan fingerprint density at radius 2 is 1.28 bits per heavy atom. The molecule has 0 aliphatic carbocycles. The Kier molecular flexibility index (Phi) is 9.47. The Labute approximate surface area is 178 Å². The molecule has 2 rings (SSSR count). The van der Waals surface area contributed by atoms with Crippen LogP contribution in [0.25, 0.3) is 0 Å². The van der Waals surface area contributed by atoms with Gasteiger partial charge in [0.1, 0.15) is 0 Å². The summed E-state index contributed by atoms with van der Waals surface area (Å²) in [6, 6.07) is 20.1. The quantitative estimate of drug-likeness (QED) is 0.280. The number of hydrogen-bond donors (Lipinski definition) is 0. The molecule has 0 fully saturated rings. The molecule has 0 saturated heterocycles. The molecule has 0 bridgehead atoms. The van der Waals surface area contributed by atoms with Crippen molar-refractivity contribution in [3.63, 3.8) is 0 Å². The summed E-state index contributed by atoms with van der Waals surface area (Å²) in [7, 11) is -3.30. The lowest BCUT2D eigenvalue weighted by Crippen LogP contribution is -2.42. The number of rotatable bonds is 11. The summed E-state index contributed by atoms with van der Waals surface area (Å²) >= 11 is 0. The molecule has 0 aromatic heterocycles. The van der Waals surface area contributed by atoms with E-state index in [1.807, 2.05) is 67.6 Å². The minimum Gasteiger partial charge on any atom is -0.414 e. The topological polar surface area (TPSA) is 36.9 Å². The first-order chi connectivity index (χ1) is 13.7. The van der Waals surface area contributed by atoms with E-state index >= 15 is 0 Å². The van der Waals surface area contributed by atoms with Crippen LogP contribution in [0, 0.1) is 0 Å². The summed E-state index contributed by atoms with van der Waals surface area (Å²) in [6.07, 6.45) is -0.109. The highest BCUT2D eigenvalue weighted by molar-refractivity contribution is 7.41. The first kappa shape index (κ1) is 24.2. The smallest absolute Gasteiger partial charge is 0.333 e. The number of benzene rings is 2. The first-order valence-electron chi connectivity index (χ1n) is 10.1. The normalized spacial score (nSPS) is 13.6. The fourth-order valence-electron chi connectivity index (χ4n) is 2.22. The van der Waals surface area contributed by atoms with E-state index < -0.39 is 16.9 Å². The first-order valence-corrected chi connectivity index (χ1v) is 14.1. The Morgan fingerprint density at radius 1 is 0.828 bits per heavy atom. The molecule has 1 unspecified atom stereocenters. The molecule has 160 valence electrons. The van der Waals surface area contributed by atoms with Gasteiger partial charge in [0.25, 0.3) is 0 Å². The second kappa shape index (κ2) is 11.4. The van der Waals surface area contributed by atoms with E-state index in [2.05, 4.69) is 33.9 Å². The molecule has 0 aliphatic rings. The third-order valence-corrected chi connectivity index (χ3v) is 10.8. The minimum atomic E-state index is -1.82. The second-order valence-electron chi connectivity index (χ2n) is 8.73. The summed E-state index contributed by atoms with van der Waals surface area (Å²) in [5.74, 6) is 0. The molecule has 29 heavy (non-hydrogen) atoms. The zero-order chi connectivity index (χ0) is 21.3. The highest BCUT2D eigenvalue weighted by Crippen LogP contribution is 2.43. The van der Waals surface area contributed by atoms with Crippen molar-refractivity contribution in [2.75, 3.05) is 6.61 Å². The zero-order valence-electron chi connectivity index (χ0n) is 18.6. The van der Waals surface area contributed by atoms with Gasteiger partial charge in [-0.3, -0.25) is 0 Å². The van der Waals surface area contributed by atoms with Gasteiger partial charge < -0.3 is 18.0 Å². The molecule has 0 spiro atoms. The molecule has 0 saturated carbocycles. The lowest BCUT2D eigenvalue weighted by atomic mass is 10.2. The molecule has 4 nitrogen and oxygen atoms in total. The van der Waals surface area contributed by atoms with Crippen molar-refractivity contribution < 1.29 is 18.0 Å². The van der Waals surface area contributed by atoms with Crippen molar-refractivity contribution >= 4 is 16.9 Å². The van der Waals surface area contributed by atoms with Crippen LogP contribution < -0.4 is 0 Å². The van der Waals surface area contributed by atoms with Crippen LogP contribution >= 0.6 is 8.60 Å². The van der Waals surface area contributed by atoms with Gasteiger partial charge in [-0.25, -0.2) is 0 Å². The Morgan fingerprint density at radius 3 is 1.69 bits per heavy atom. The maximum absolute atomic E-state index is 6.30. The molecule has 6 heteroatoms. The third-order valence-electron chi connectivity index (χ3n) is 5.11. The fraction of sp³-hybridized carbons (Fsp3) is 0.478. The van der Waals surface area contributed by atoms with E-state index in [4.69, 9.17) is 18.0 Å². The van der Waals surface area contributed by atoms with E-state index in [-0.39, 0.29) is 11.1 Å². The van der Waals surface area contributed by atoms with Crippen molar-refractivity contribution in [2.24, 2.45) is 0 Å². The maximum Gasteiger partial charge on any atom is 0.333 e. The van der Waals surface area contributed by atoms with E-state index in [1.54, 1.807) is 0 Å². The summed E-state index contributed by atoms with van der Waals surface area (Å²) < 4.78 is 24.4.